The Morgan fingerprint density at radius 3 is 2.50 bits per heavy atom. The highest BCUT2D eigenvalue weighted by molar-refractivity contribution is 5.17. The van der Waals surface area contributed by atoms with Crippen LogP contribution in [0.4, 0.5) is 0 Å². The first kappa shape index (κ1) is 5.22. The predicted octanol–water partition coefficient (Wildman–Crippen LogP) is 0.521. The van der Waals surface area contributed by atoms with E-state index in [0.717, 1.165) is 5.82 Å². The van der Waals surface area contributed by atoms with E-state index in [0.29, 0.717) is 0 Å². The van der Waals surface area contributed by atoms with Crippen LogP contribution in [-0.4, -0.2) is 19.0 Å². The van der Waals surface area contributed by atoms with Crippen molar-refractivity contribution in [2.24, 2.45) is 0 Å². The molecule has 0 unspecified atom stereocenters. The molecule has 0 aromatic carbocycles. The Balaban J connectivity index is 2.51. The summed E-state index contributed by atoms with van der Waals surface area (Å²) in [6.07, 6.45) is 5.69. The van der Waals surface area contributed by atoms with Gasteiger partial charge in [0.25, 0.3) is 0 Å². The van der Waals surface area contributed by atoms with Crippen molar-refractivity contribution in [1.82, 2.24) is 10.2 Å². The summed E-state index contributed by atoms with van der Waals surface area (Å²) in [4.78, 5) is 1.97. The summed E-state index contributed by atoms with van der Waals surface area (Å²) in [5, 5.41) is 4.04. The quantitative estimate of drug-likeness (QED) is 0.480. The maximum Gasteiger partial charge on any atom is 0.127 e. The first-order valence-corrected chi connectivity index (χ1v) is 2.56. The van der Waals surface area contributed by atoms with Crippen LogP contribution in [0.25, 0.3) is 0 Å². The van der Waals surface area contributed by atoms with E-state index in [1.54, 1.807) is 6.20 Å². The van der Waals surface area contributed by atoms with Crippen molar-refractivity contribution >= 4 is 0 Å². The summed E-state index contributed by atoms with van der Waals surface area (Å²) >= 11 is 0. The third-order valence-corrected chi connectivity index (χ3v) is 0.996. The summed E-state index contributed by atoms with van der Waals surface area (Å²) < 4.78 is 0. The fourth-order valence-corrected chi connectivity index (χ4v) is 0.556. The first-order valence-electron chi connectivity index (χ1n) is 2.56. The third-order valence-electron chi connectivity index (χ3n) is 0.996. The van der Waals surface area contributed by atoms with Crippen LogP contribution in [0, 0.1) is 0 Å². The molecule has 8 heavy (non-hydrogen) atoms. The molecule has 0 amide bonds. The monoisotopic (exact) mass is 109 g/mol. The Labute approximate surface area is 49.5 Å². The molecule has 1 aliphatic heterocycles. The van der Waals surface area contributed by atoms with E-state index in [2.05, 4.69) is 5.32 Å². The minimum atomic E-state index is 1.02. The van der Waals surface area contributed by atoms with Gasteiger partial charge >= 0.3 is 0 Å². The average Bonchev–Trinajstić information content (AvgIpc) is 2.12. The van der Waals surface area contributed by atoms with Gasteiger partial charge < -0.3 is 4.90 Å². The fraction of sp³-hybridized carbons (Fsp3) is 0.333. The smallest absolute Gasteiger partial charge is 0.127 e. The molecular weight excluding hydrogens is 100 g/mol. The second kappa shape index (κ2) is 1.90. The highest BCUT2D eigenvalue weighted by Crippen LogP contribution is 2.01. The Bertz CT molecular complexity index is 133. The van der Waals surface area contributed by atoms with Gasteiger partial charge in [-0.3, -0.25) is 0 Å². The molecule has 1 heterocycles. The van der Waals surface area contributed by atoms with Crippen LogP contribution < -0.4 is 5.32 Å². The Kier molecular flexibility index (Phi) is 1.24. The highest BCUT2D eigenvalue weighted by Gasteiger charge is 1.99. The molecule has 1 radical (unpaired) electrons. The van der Waals surface area contributed by atoms with Crippen LogP contribution in [0.5, 0.6) is 0 Å². The summed E-state index contributed by atoms with van der Waals surface area (Å²) in [6.45, 7) is 0. The van der Waals surface area contributed by atoms with Crippen molar-refractivity contribution in [2.45, 2.75) is 0 Å². The van der Waals surface area contributed by atoms with E-state index in [1.165, 1.54) is 0 Å². The van der Waals surface area contributed by atoms with Gasteiger partial charge in [0.2, 0.25) is 0 Å². The maximum atomic E-state index is 4.04. The van der Waals surface area contributed by atoms with Crippen LogP contribution in [0.15, 0.2) is 24.2 Å². The van der Waals surface area contributed by atoms with E-state index < -0.39 is 0 Å². The molecule has 0 spiro atoms. The lowest BCUT2D eigenvalue weighted by molar-refractivity contribution is 0.484. The number of allylic oxidation sites excluding steroid dienone is 2. The SMILES string of the molecule is CN(C)C1=CC=C[N]1. The molecule has 0 saturated carbocycles. The van der Waals surface area contributed by atoms with Crippen molar-refractivity contribution in [3.8, 4) is 0 Å². The number of nitrogens with zero attached hydrogens (tertiary/aromatic N) is 2. The first-order chi connectivity index (χ1) is 3.80. The maximum absolute atomic E-state index is 4.04. The zero-order chi connectivity index (χ0) is 5.98. The second-order valence-electron chi connectivity index (χ2n) is 1.89. The minimum Gasteiger partial charge on any atom is -0.363 e. The van der Waals surface area contributed by atoms with Gasteiger partial charge in [0.05, 0.1) is 0 Å². The van der Waals surface area contributed by atoms with Gasteiger partial charge in [0.15, 0.2) is 0 Å². The van der Waals surface area contributed by atoms with E-state index in [9.17, 15) is 0 Å². The molecule has 0 N–H and O–H groups in total. The average molecular weight is 109 g/mol. The summed E-state index contributed by atoms with van der Waals surface area (Å²) in [5.41, 5.74) is 0. The normalized spacial score (nSPS) is 15.5. The van der Waals surface area contributed by atoms with Gasteiger partial charge in [-0.2, -0.15) is 0 Å². The Hall–Kier alpha value is -0.920. The Morgan fingerprint density at radius 1 is 1.50 bits per heavy atom. The van der Waals surface area contributed by atoms with E-state index in [1.807, 2.05) is 31.1 Å². The van der Waals surface area contributed by atoms with Gasteiger partial charge in [0, 0.05) is 20.3 Å². The standard InChI is InChI=1S/C6H9N2/c1-8(2)6-4-3-5-7-6/h3-5H,1-2H3. The molecule has 0 aromatic rings. The third kappa shape index (κ3) is 0.832. The van der Waals surface area contributed by atoms with Crippen LogP contribution in [0.2, 0.25) is 0 Å². The van der Waals surface area contributed by atoms with Crippen molar-refractivity contribution in [3.63, 3.8) is 0 Å². The number of rotatable bonds is 1. The van der Waals surface area contributed by atoms with Crippen molar-refractivity contribution in [2.75, 3.05) is 14.1 Å². The van der Waals surface area contributed by atoms with Crippen LogP contribution in [-0.2, 0) is 0 Å². The van der Waals surface area contributed by atoms with Gasteiger partial charge in [0.1, 0.15) is 5.82 Å². The lowest BCUT2D eigenvalue weighted by Gasteiger charge is -2.10. The zero-order valence-electron chi connectivity index (χ0n) is 5.13. The second-order valence-corrected chi connectivity index (χ2v) is 1.89. The van der Waals surface area contributed by atoms with Gasteiger partial charge in [-0.25, -0.2) is 5.32 Å². The number of hydrogen-bond acceptors (Lipinski definition) is 1. The largest absolute Gasteiger partial charge is 0.363 e. The number of hydrogen-bond donors (Lipinski definition) is 0. The molecule has 43 valence electrons. The molecule has 0 bridgehead atoms. The molecular formula is C6H9N2. The lowest BCUT2D eigenvalue weighted by atomic mass is 10.6. The summed E-state index contributed by atoms with van der Waals surface area (Å²) in [6, 6.07) is 0. The van der Waals surface area contributed by atoms with Crippen molar-refractivity contribution < 1.29 is 0 Å². The molecule has 0 aromatic heterocycles. The fourth-order valence-electron chi connectivity index (χ4n) is 0.556. The van der Waals surface area contributed by atoms with E-state index in [4.69, 9.17) is 0 Å². The highest BCUT2D eigenvalue weighted by atomic mass is 15.2. The molecule has 2 nitrogen and oxygen atoms in total. The summed E-state index contributed by atoms with van der Waals surface area (Å²) in [7, 11) is 3.95. The van der Waals surface area contributed by atoms with Crippen molar-refractivity contribution in [3.05, 3.63) is 24.2 Å². The predicted molar refractivity (Wildman–Crippen MR) is 33.0 cm³/mol. The molecule has 0 saturated heterocycles. The molecule has 1 rings (SSSR count). The van der Waals surface area contributed by atoms with Crippen molar-refractivity contribution in [1.29, 1.82) is 0 Å². The van der Waals surface area contributed by atoms with Gasteiger partial charge in [-0.05, 0) is 12.2 Å². The van der Waals surface area contributed by atoms with Crippen LogP contribution >= 0.6 is 0 Å². The van der Waals surface area contributed by atoms with Crippen LogP contribution in [0.1, 0.15) is 0 Å². The molecule has 0 atom stereocenters. The molecule has 2 heteroatoms. The Morgan fingerprint density at radius 2 is 2.25 bits per heavy atom. The summed E-state index contributed by atoms with van der Waals surface area (Å²) in [5.74, 6) is 1.02. The molecule has 0 aliphatic carbocycles. The molecule has 1 aliphatic rings. The van der Waals surface area contributed by atoms with Crippen LogP contribution in [0.3, 0.4) is 0 Å². The van der Waals surface area contributed by atoms with Gasteiger partial charge in [-0.15, -0.1) is 0 Å². The molecule has 0 fully saturated rings. The lowest BCUT2D eigenvalue weighted by Crippen LogP contribution is -2.14. The zero-order valence-corrected chi connectivity index (χ0v) is 5.13. The van der Waals surface area contributed by atoms with E-state index in [-0.39, 0.29) is 0 Å². The minimum absolute atomic E-state index is 1.02. The van der Waals surface area contributed by atoms with Gasteiger partial charge in [-0.1, -0.05) is 0 Å². The topological polar surface area (TPSA) is 17.3 Å². The van der Waals surface area contributed by atoms with E-state index >= 15 is 0 Å².